The number of halogens is 2. The van der Waals surface area contributed by atoms with Crippen molar-refractivity contribution in [3.05, 3.63) is 63.6 Å². The third-order valence-corrected chi connectivity index (χ3v) is 4.28. The number of rotatable bonds is 6. The van der Waals surface area contributed by atoms with E-state index in [1.54, 1.807) is 6.07 Å². The minimum atomic E-state index is 0.182. The molecule has 21 heavy (non-hydrogen) atoms. The van der Waals surface area contributed by atoms with Crippen molar-refractivity contribution in [1.29, 1.82) is 0 Å². The molecule has 4 heteroatoms. The van der Waals surface area contributed by atoms with Crippen molar-refractivity contribution in [2.75, 3.05) is 13.2 Å². The highest BCUT2D eigenvalue weighted by molar-refractivity contribution is 6.42. The van der Waals surface area contributed by atoms with Crippen LogP contribution < -0.4 is 10.5 Å². The average Bonchev–Trinajstić information content (AvgIpc) is 2.49. The lowest BCUT2D eigenvalue weighted by atomic mass is 9.92. The maximum absolute atomic E-state index is 6.27. The molecule has 0 radical (unpaired) electrons. The van der Waals surface area contributed by atoms with Gasteiger partial charge in [-0.3, -0.25) is 0 Å². The molecule has 0 spiro atoms. The summed E-state index contributed by atoms with van der Waals surface area (Å²) in [5.74, 6) is 1.05. The summed E-state index contributed by atoms with van der Waals surface area (Å²) in [7, 11) is 0. The van der Waals surface area contributed by atoms with Gasteiger partial charge in [-0.05, 0) is 49.2 Å². The summed E-state index contributed by atoms with van der Waals surface area (Å²) in [5.41, 5.74) is 8.12. The Morgan fingerprint density at radius 2 is 1.90 bits per heavy atom. The summed E-state index contributed by atoms with van der Waals surface area (Å²) in [6.07, 6.45) is 0.755. The first-order chi connectivity index (χ1) is 10.2. The molecule has 0 aliphatic heterocycles. The second-order valence-corrected chi connectivity index (χ2v) is 5.64. The first-order valence-electron chi connectivity index (χ1n) is 7.01. The van der Waals surface area contributed by atoms with Gasteiger partial charge in [0.15, 0.2) is 0 Å². The van der Waals surface area contributed by atoms with E-state index < -0.39 is 0 Å². The molecule has 0 heterocycles. The van der Waals surface area contributed by atoms with Gasteiger partial charge in [-0.25, -0.2) is 0 Å². The first kappa shape index (κ1) is 16.2. The third-order valence-electron chi connectivity index (χ3n) is 3.42. The van der Waals surface area contributed by atoms with Gasteiger partial charge in [-0.2, -0.15) is 0 Å². The van der Waals surface area contributed by atoms with Crippen LogP contribution in [0, 0.1) is 0 Å². The van der Waals surface area contributed by atoms with Crippen molar-refractivity contribution >= 4 is 23.2 Å². The fourth-order valence-corrected chi connectivity index (χ4v) is 2.73. The van der Waals surface area contributed by atoms with Gasteiger partial charge in [-0.15, -0.1) is 0 Å². The quantitative estimate of drug-likeness (QED) is 0.837. The Labute approximate surface area is 135 Å². The van der Waals surface area contributed by atoms with Crippen LogP contribution in [0.4, 0.5) is 0 Å². The van der Waals surface area contributed by atoms with Gasteiger partial charge >= 0.3 is 0 Å². The lowest BCUT2D eigenvalue weighted by molar-refractivity contribution is 0.339. The van der Waals surface area contributed by atoms with E-state index in [1.807, 2.05) is 37.3 Å². The van der Waals surface area contributed by atoms with Crippen molar-refractivity contribution in [2.45, 2.75) is 19.3 Å². The van der Waals surface area contributed by atoms with Crippen LogP contribution in [0.5, 0.6) is 5.75 Å². The van der Waals surface area contributed by atoms with Crippen LogP contribution in [0.3, 0.4) is 0 Å². The zero-order valence-electron chi connectivity index (χ0n) is 12.0. The molecule has 1 unspecified atom stereocenters. The Balaban J connectivity index is 2.23. The smallest absolute Gasteiger partial charge is 0.119 e. The normalized spacial score (nSPS) is 12.2. The molecule has 0 saturated carbocycles. The maximum atomic E-state index is 6.27. The number of benzene rings is 2. The van der Waals surface area contributed by atoms with E-state index in [4.69, 9.17) is 33.7 Å². The minimum absolute atomic E-state index is 0.182. The molecule has 1 atom stereocenters. The SMILES string of the molecule is CCOc1cccc(C(CN)Cc2cccc(Cl)c2Cl)c1. The summed E-state index contributed by atoms with van der Waals surface area (Å²) in [6.45, 7) is 3.16. The molecule has 112 valence electrons. The van der Waals surface area contributed by atoms with Gasteiger partial charge in [0, 0.05) is 5.92 Å². The molecule has 0 amide bonds. The van der Waals surface area contributed by atoms with Gasteiger partial charge in [-0.1, -0.05) is 47.5 Å². The molecule has 0 saturated heterocycles. The highest BCUT2D eigenvalue weighted by Gasteiger charge is 2.14. The van der Waals surface area contributed by atoms with Crippen molar-refractivity contribution in [3.8, 4) is 5.75 Å². The Hall–Kier alpha value is -1.22. The fraction of sp³-hybridized carbons (Fsp3) is 0.294. The van der Waals surface area contributed by atoms with Gasteiger partial charge in [0.1, 0.15) is 5.75 Å². The van der Waals surface area contributed by atoms with Crippen LogP contribution in [0.15, 0.2) is 42.5 Å². The zero-order chi connectivity index (χ0) is 15.2. The fourth-order valence-electron chi connectivity index (χ4n) is 2.33. The van der Waals surface area contributed by atoms with E-state index in [0.717, 1.165) is 23.3 Å². The summed E-state index contributed by atoms with van der Waals surface area (Å²) >= 11 is 12.3. The van der Waals surface area contributed by atoms with E-state index in [0.29, 0.717) is 23.2 Å². The number of ether oxygens (including phenoxy) is 1. The highest BCUT2D eigenvalue weighted by Crippen LogP contribution is 2.30. The maximum Gasteiger partial charge on any atom is 0.119 e. The predicted molar refractivity (Wildman–Crippen MR) is 89.6 cm³/mol. The zero-order valence-corrected chi connectivity index (χ0v) is 13.5. The molecule has 2 rings (SSSR count). The number of hydrogen-bond donors (Lipinski definition) is 1. The molecule has 2 aromatic carbocycles. The summed E-state index contributed by atoms with van der Waals surface area (Å²) < 4.78 is 5.55. The molecule has 0 aliphatic carbocycles. The Bertz CT molecular complexity index is 601. The molecule has 0 bridgehead atoms. The molecule has 2 N–H and O–H groups in total. The number of nitrogens with two attached hydrogens (primary N) is 1. The molecular formula is C17H19Cl2NO. The Morgan fingerprint density at radius 3 is 2.62 bits per heavy atom. The van der Waals surface area contributed by atoms with E-state index in [2.05, 4.69) is 6.07 Å². The summed E-state index contributed by atoms with van der Waals surface area (Å²) in [6, 6.07) is 13.7. The van der Waals surface area contributed by atoms with Gasteiger partial charge < -0.3 is 10.5 Å². The van der Waals surface area contributed by atoms with E-state index in [1.165, 1.54) is 0 Å². The van der Waals surface area contributed by atoms with Crippen LogP contribution in [-0.4, -0.2) is 13.2 Å². The lowest BCUT2D eigenvalue weighted by Crippen LogP contribution is -2.15. The van der Waals surface area contributed by atoms with Gasteiger partial charge in [0.25, 0.3) is 0 Å². The van der Waals surface area contributed by atoms with Crippen LogP contribution in [0.1, 0.15) is 24.0 Å². The van der Waals surface area contributed by atoms with E-state index in [-0.39, 0.29) is 5.92 Å². The van der Waals surface area contributed by atoms with E-state index in [9.17, 15) is 0 Å². The van der Waals surface area contributed by atoms with Crippen LogP contribution in [0.25, 0.3) is 0 Å². The molecule has 2 aromatic rings. The number of hydrogen-bond acceptors (Lipinski definition) is 2. The molecule has 0 aromatic heterocycles. The summed E-state index contributed by atoms with van der Waals surface area (Å²) in [4.78, 5) is 0. The third kappa shape index (κ3) is 4.13. The molecule has 0 aliphatic rings. The van der Waals surface area contributed by atoms with Gasteiger partial charge in [0.05, 0.1) is 16.7 Å². The topological polar surface area (TPSA) is 35.2 Å². The van der Waals surface area contributed by atoms with Crippen molar-refractivity contribution in [1.82, 2.24) is 0 Å². The second-order valence-electron chi connectivity index (χ2n) is 4.86. The average molecular weight is 324 g/mol. The van der Waals surface area contributed by atoms with Crippen LogP contribution in [-0.2, 0) is 6.42 Å². The predicted octanol–water partition coefficient (Wildman–Crippen LogP) is 4.68. The molecule has 2 nitrogen and oxygen atoms in total. The second kappa shape index (κ2) is 7.69. The van der Waals surface area contributed by atoms with Gasteiger partial charge in [0.2, 0.25) is 0 Å². The Kier molecular flexibility index (Phi) is 5.92. The highest BCUT2D eigenvalue weighted by atomic mass is 35.5. The first-order valence-corrected chi connectivity index (χ1v) is 7.77. The van der Waals surface area contributed by atoms with Crippen LogP contribution >= 0.6 is 23.2 Å². The standard InChI is InChI=1S/C17H19Cl2NO/c1-2-21-15-7-3-5-12(10-15)14(11-20)9-13-6-4-8-16(18)17(13)19/h3-8,10,14H,2,9,11,20H2,1H3. The molecular weight excluding hydrogens is 305 g/mol. The van der Waals surface area contributed by atoms with Crippen molar-refractivity contribution in [2.24, 2.45) is 5.73 Å². The molecule has 0 fully saturated rings. The largest absolute Gasteiger partial charge is 0.494 e. The minimum Gasteiger partial charge on any atom is -0.494 e. The van der Waals surface area contributed by atoms with Crippen molar-refractivity contribution < 1.29 is 4.74 Å². The Morgan fingerprint density at radius 1 is 1.14 bits per heavy atom. The van der Waals surface area contributed by atoms with Crippen molar-refractivity contribution in [3.63, 3.8) is 0 Å². The lowest BCUT2D eigenvalue weighted by Gasteiger charge is -2.17. The van der Waals surface area contributed by atoms with E-state index >= 15 is 0 Å². The summed E-state index contributed by atoms with van der Waals surface area (Å²) in [5, 5.41) is 1.19. The monoisotopic (exact) mass is 323 g/mol. The van der Waals surface area contributed by atoms with Crippen LogP contribution in [0.2, 0.25) is 10.0 Å².